The molecule has 134 valence electrons. The molecule has 25 heavy (non-hydrogen) atoms. The first-order valence-electron chi connectivity index (χ1n) is 8.81. The maximum atomic E-state index is 12.2. The Morgan fingerprint density at radius 3 is 2.60 bits per heavy atom. The minimum absolute atomic E-state index is 0.0952. The van der Waals surface area contributed by atoms with Gasteiger partial charge in [0.25, 0.3) is 5.91 Å². The van der Waals surface area contributed by atoms with E-state index in [4.69, 9.17) is 4.74 Å². The number of H-pyrrole nitrogens is 2. The molecule has 1 saturated heterocycles. The summed E-state index contributed by atoms with van der Waals surface area (Å²) in [5.41, 5.74) is 0.865. The molecule has 0 bridgehead atoms. The predicted molar refractivity (Wildman–Crippen MR) is 93.8 cm³/mol. The zero-order chi connectivity index (χ0) is 17.6. The summed E-state index contributed by atoms with van der Waals surface area (Å²) in [5.74, 6) is 1.42. The summed E-state index contributed by atoms with van der Waals surface area (Å²) in [6.45, 7) is 4.08. The minimum atomic E-state index is -0.450. The van der Waals surface area contributed by atoms with Gasteiger partial charge in [-0.3, -0.25) is 9.78 Å². The third-order valence-electron chi connectivity index (χ3n) is 4.68. The molecule has 1 aliphatic heterocycles. The topological polar surface area (TPSA) is 91.1 Å². The molecule has 0 saturated carbocycles. The summed E-state index contributed by atoms with van der Waals surface area (Å²) in [6, 6.07) is 8.28. The van der Waals surface area contributed by atoms with E-state index in [1.165, 1.54) is 5.56 Å². The fourth-order valence-corrected chi connectivity index (χ4v) is 3.24. The Hall–Kier alpha value is -2.57. The second-order valence-electron chi connectivity index (χ2n) is 6.38. The van der Waals surface area contributed by atoms with Crippen LogP contribution in [0.3, 0.4) is 0 Å². The van der Waals surface area contributed by atoms with Crippen LogP contribution in [-0.4, -0.2) is 45.7 Å². The second kappa shape index (κ2) is 8.00. The molecule has 0 unspecified atom stereocenters. The lowest BCUT2D eigenvalue weighted by molar-refractivity contribution is 0.0675. The van der Waals surface area contributed by atoms with Gasteiger partial charge in [0, 0.05) is 13.1 Å². The van der Waals surface area contributed by atoms with Gasteiger partial charge in [-0.25, -0.2) is 9.89 Å². The van der Waals surface area contributed by atoms with Crippen molar-refractivity contribution in [2.75, 3.05) is 19.7 Å². The molecule has 7 heteroatoms. The summed E-state index contributed by atoms with van der Waals surface area (Å²) >= 11 is 0. The smallest absolute Gasteiger partial charge is 0.341 e. The number of nitrogens with one attached hydrogen (secondary N) is 2. The van der Waals surface area contributed by atoms with Crippen LogP contribution in [0.4, 0.5) is 0 Å². The molecule has 0 spiro atoms. The quantitative estimate of drug-likeness (QED) is 0.838. The molecule has 3 rings (SSSR count). The molecule has 2 aromatic rings. The Balaban J connectivity index is 1.44. The molecule has 1 amide bonds. The van der Waals surface area contributed by atoms with Crippen molar-refractivity contribution in [2.45, 2.75) is 32.6 Å². The summed E-state index contributed by atoms with van der Waals surface area (Å²) in [7, 11) is 0. The van der Waals surface area contributed by atoms with Crippen molar-refractivity contribution < 1.29 is 9.53 Å². The van der Waals surface area contributed by atoms with Crippen molar-refractivity contribution in [3.05, 3.63) is 46.1 Å². The third kappa shape index (κ3) is 4.49. The monoisotopic (exact) mass is 344 g/mol. The number of nitrogens with zero attached hydrogens (tertiary/aromatic N) is 2. The lowest BCUT2D eigenvalue weighted by Gasteiger charge is -2.31. The number of hydrogen-bond acceptors (Lipinski definition) is 4. The standard InChI is InChI=1S/C18H24N4O3/c1-2-25-15-7-5-13(6-8-15)3-4-14-9-11-22(12-10-14)17(23)16-19-18(24)21-20-16/h5-8,14H,2-4,9-12H2,1H3,(H2,19,20,21,24). The lowest BCUT2D eigenvalue weighted by Crippen LogP contribution is -2.39. The van der Waals surface area contributed by atoms with Crippen LogP contribution < -0.4 is 10.4 Å². The number of carbonyl (C=O) groups excluding carboxylic acids is 1. The first-order chi connectivity index (χ1) is 12.2. The number of piperidine rings is 1. The molecular weight excluding hydrogens is 320 g/mol. The van der Waals surface area contributed by atoms with Crippen LogP contribution in [0.15, 0.2) is 29.1 Å². The Morgan fingerprint density at radius 2 is 2.00 bits per heavy atom. The normalized spacial score (nSPS) is 15.3. The van der Waals surface area contributed by atoms with E-state index in [0.717, 1.165) is 31.4 Å². The molecule has 2 N–H and O–H groups in total. The van der Waals surface area contributed by atoms with E-state index in [1.54, 1.807) is 4.90 Å². The van der Waals surface area contributed by atoms with Crippen molar-refractivity contribution in [3.63, 3.8) is 0 Å². The van der Waals surface area contributed by atoms with E-state index in [9.17, 15) is 9.59 Å². The largest absolute Gasteiger partial charge is 0.494 e. The first kappa shape index (κ1) is 17.3. The van der Waals surface area contributed by atoms with Crippen molar-refractivity contribution in [2.24, 2.45) is 5.92 Å². The van der Waals surface area contributed by atoms with Gasteiger partial charge in [0.1, 0.15) is 5.75 Å². The molecule has 0 radical (unpaired) electrons. The van der Waals surface area contributed by atoms with Gasteiger partial charge in [0.05, 0.1) is 6.61 Å². The summed E-state index contributed by atoms with van der Waals surface area (Å²) < 4.78 is 5.46. The number of amides is 1. The highest BCUT2D eigenvalue weighted by Gasteiger charge is 2.25. The van der Waals surface area contributed by atoms with Gasteiger partial charge in [0.15, 0.2) is 0 Å². The molecule has 1 aromatic heterocycles. The number of aromatic amines is 2. The van der Waals surface area contributed by atoms with E-state index in [-0.39, 0.29) is 11.7 Å². The number of likely N-dealkylation sites (tertiary alicyclic amines) is 1. The van der Waals surface area contributed by atoms with Crippen LogP contribution in [0.2, 0.25) is 0 Å². The highest BCUT2D eigenvalue weighted by Crippen LogP contribution is 2.23. The summed E-state index contributed by atoms with van der Waals surface area (Å²) in [5, 5.41) is 5.94. The van der Waals surface area contributed by atoms with Crippen molar-refractivity contribution in [1.29, 1.82) is 0 Å². The SMILES string of the molecule is CCOc1ccc(CCC2CCN(C(=O)c3n[nH]c(=O)[nH]3)CC2)cc1. The number of aryl methyl sites for hydroxylation is 1. The van der Waals surface area contributed by atoms with Crippen LogP contribution in [0, 0.1) is 5.92 Å². The highest BCUT2D eigenvalue weighted by molar-refractivity contribution is 5.90. The van der Waals surface area contributed by atoms with Crippen LogP contribution in [-0.2, 0) is 6.42 Å². The van der Waals surface area contributed by atoms with E-state index in [2.05, 4.69) is 27.3 Å². The molecule has 0 aliphatic carbocycles. The first-order valence-corrected chi connectivity index (χ1v) is 8.81. The van der Waals surface area contributed by atoms with E-state index in [0.29, 0.717) is 25.6 Å². The Morgan fingerprint density at radius 1 is 1.28 bits per heavy atom. The average molecular weight is 344 g/mol. The van der Waals surface area contributed by atoms with Crippen LogP contribution in [0.1, 0.15) is 42.4 Å². The van der Waals surface area contributed by atoms with Gasteiger partial charge in [-0.15, -0.1) is 5.10 Å². The molecule has 1 aromatic carbocycles. The Bertz CT molecular complexity index is 742. The van der Waals surface area contributed by atoms with Gasteiger partial charge >= 0.3 is 5.69 Å². The number of rotatable bonds is 6. The summed E-state index contributed by atoms with van der Waals surface area (Å²) in [6.07, 6.45) is 4.13. The molecule has 7 nitrogen and oxygen atoms in total. The zero-order valence-electron chi connectivity index (χ0n) is 14.5. The molecule has 1 aliphatic rings. The zero-order valence-corrected chi connectivity index (χ0v) is 14.5. The second-order valence-corrected chi connectivity index (χ2v) is 6.38. The third-order valence-corrected chi connectivity index (χ3v) is 4.68. The highest BCUT2D eigenvalue weighted by atomic mass is 16.5. The van der Waals surface area contributed by atoms with Gasteiger partial charge in [0.2, 0.25) is 5.82 Å². The molecule has 2 heterocycles. The van der Waals surface area contributed by atoms with E-state index < -0.39 is 5.69 Å². The fourth-order valence-electron chi connectivity index (χ4n) is 3.24. The fraction of sp³-hybridized carbons (Fsp3) is 0.500. The maximum Gasteiger partial charge on any atom is 0.341 e. The van der Waals surface area contributed by atoms with E-state index >= 15 is 0 Å². The lowest BCUT2D eigenvalue weighted by atomic mass is 9.90. The summed E-state index contributed by atoms with van der Waals surface area (Å²) in [4.78, 5) is 27.5. The van der Waals surface area contributed by atoms with Crippen molar-refractivity contribution in [3.8, 4) is 5.75 Å². The van der Waals surface area contributed by atoms with Crippen LogP contribution in [0.25, 0.3) is 0 Å². The van der Waals surface area contributed by atoms with E-state index in [1.807, 2.05) is 19.1 Å². The van der Waals surface area contributed by atoms with Gasteiger partial charge in [-0.05, 0) is 56.2 Å². The van der Waals surface area contributed by atoms with Crippen molar-refractivity contribution in [1.82, 2.24) is 20.1 Å². The maximum absolute atomic E-state index is 12.2. The minimum Gasteiger partial charge on any atom is -0.494 e. The molecular formula is C18H24N4O3. The van der Waals surface area contributed by atoms with Crippen molar-refractivity contribution >= 4 is 5.91 Å². The average Bonchev–Trinajstić information content (AvgIpc) is 3.08. The Labute approximate surface area is 146 Å². The van der Waals surface area contributed by atoms with Crippen LogP contribution >= 0.6 is 0 Å². The number of aromatic nitrogens is 3. The van der Waals surface area contributed by atoms with Crippen LogP contribution in [0.5, 0.6) is 5.75 Å². The molecule has 0 atom stereocenters. The number of carbonyl (C=O) groups is 1. The number of hydrogen-bond donors (Lipinski definition) is 2. The number of benzene rings is 1. The van der Waals surface area contributed by atoms with Gasteiger partial charge in [-0.1, -0.05) is 12.1 Å². The van der Waals surface area contributed by atoms with Gasteiger partial charge < -0.3 is 9.64 Å². The van der Waals surface area contributed by atoms with Gasteiger partial charge in [-0.2, -0.15) is 0 Å². The number of ether oxygens (including phenoxy) is 1. The predicted octanol–water partition coefficient (Wildman–Crippen LogP) is 1.98. The Kier molecular flexibility index (Phi) is 5.53. The molecule has 1 fully saturated rings.